The highest BCUT2D eigenvalue weighted by Crippen LogP contribution is 2.32. The summed E-state index contributed by atoms with van der Waals surface area (Å²) in [7, 11) is 0. The first kappa shape index (κ1) is 26.9. The molecule has 1 atom stereocenters. The van der Waals surface area contributed by atoms with Crippen molar-refractivity contribution >= 4 is 11.6 Å². The average Bonchev–Trinajstić information content (AvgIpc) is 3.33. The lowest BCUT2D eigenvalue weighted by Gasteiger charge is -2.15. The van der Waals surface area contributed by atoms with Gasteiger partial charge in [0.05, 0.1) is 23.8 Å². The summed E-state index contributed by atoms with van der Waals surface area (Å²) in [6.07, 6.45) is -3.78. The van der Waals surface area contributed by atoms with Gasteiger partial charge in [0, 0.05) is 11.3 Å². The number of ether oxygens (including phenoxy) is 1. The molecule has 0 spiro atoms. The minimum absolute atomic E-state index is 0.109. The summed E-state index contributed by atoms with van der Waals surface area (Å²) in [6, 6.07) is 21.5. The molecule has 0 aliphatic heterocycles. The Bertz CT molecular complexity index is 1350. The second kappa shape index (κ2) is 11.5. The molecule has 0 saturated carbocycles. The van der Waals surface area contributed by atoms with Crippen molar-refractivity contribution in [2.75, 3.05) is 11.9 Å². The lowest BCUT2D eigenvalue weighted by atomic mass is 9.95. The first-order valence-corrected chi connectivity index (χ1v) is 12.4. The third-order valence-electron chi connectivity index (χ3n) is 5.91. The normalized spacial score (nSPS) is 12.4. The minimum Gasteiger partial charge on any atom is -0.462 e. The molecule has 4 aromatic rings. The van der Waals surface area contributed by atoms with Crippen molar-refractivity contribution < 1.29 is 22.7 Å². The van der Waals surface area contributed by atoms with Gasteiger partial charge >= 0.3 is 12.2 Å². The highest BCUT2D eigenvalue weighted by atomic mass is 19.4. The maximum atomic E-state index is 13.1. The second-order valence-electron chi connectivity index (χ2n) is 9.32. The number of hydrogen-bond donors (Lipinski definition) is 1. The van der Waals surface area contributed by atoms with Gasteiger partial charge in [-0.05, 0) is 54.3 Å². The summed E-state index contributed by atoms with van der Waals surface area (Å²) in [5, 5.41) is 7.40. The number of halogens is 3. The highest BCUT2D eigenvalue weighted by Gasteiger charge is 2.30. The number of rotatable bonds is 9. The van der Waals surface area contributed by atoms with Gasteiger partial charge in [-0.2, -0.15) is 18.2 Å². The van der Waals surface area contributed by atoms with Crippen LogP contribution in [0.25, 0.3) is 17.1 Å². The minimum atomic E-state index is -4.44. The molecule has 38 heavy (non-hydrogen) atoms. The zero-order chi connectivity index (χ0) is 27.3. The number of nitrogens with zero attached hydrogens (tertiary/aromatic N) is 3. The van der Waals surface area contributed by atoms with Crippen LogP contribution in [0.2, 0.25) is 0 Å². The van der Waals surface area contributed by atoms with Gasteiger partial charge < -0.3 is 10.1 Å². The molecule has 1 heterocycles. The number of benzene rings is 3. The smallest absolute Gasteiger partial charge is 0.416 e. The van der Waals surface area contributed by atoms with Crippen LogP contribution in [-0.2, 0) is 11.0 Å². The molecule has 9 heteroatoms. The van der Waals surface area contributed by atoms with Gasteiger partial charge in [0.1, 0.15) is 0 Å². The van der Waals surface area contributed by atoms with Crippen molar-refractivity contribution in [1.82, 2.24) is 14.8 Å². The largest absolute Gasteiger partial charge is 0.462 e. The second-order valence-corrected chi connectivity index (χ2v) is 9.32. The van der Waals surface area contributed by atoms with E-state index >= 15 is 0 Å². The Labute approximate surface area is 219 Å². The van der Waals surface area contributed by atoms with Crippen molar-refractivity contribution in [3.63, 3.8) is 0 Å². The Kier molecular flexibility index (Phi) is 8.14. The van der Waals surface area contributed by atoms with Crippen molar-refractivity contribution in [2.24, 2.45) is 5.92 Å². The number of alkyl halides is 3. The maximum absolute atomic E-state index is 13.1. The number of nitrogens with one attached hydrogen (secondary N) is 1. The van der Waals surface area contributed by atoms with E-state index in [1.165, 1.54) is 16.8 Å². The van der Waals surface area contributed by atoms with Crippen LogP contribution in [0, 0.1) is 5.92 Å². The first-order chi connectivity index (χ1) is 18.2. The van der Waals surface area contributed by atoms with Crippen LogP contribution in [0.15, 0.2) is 78.9 Å². The highest BCUT2D eigenvalue weighted by molar-refractivity contribution is 5.95. The lowest BCUT2D eigenvalue weighted by Crippen LogP contribution is -2.20. The number of anilines is 1. The molecule has 0 unspecified atom stereocenters. The lowest BCUT2D eigenvalue weighted by molar-refractivity contribution is -0.137. The summed E-state index contributed by atoms with van der Waals surface area (Å²) in [5.74, 6) is 0.187. The number of amides is 1. The Hall–Kier alpha value is -4.14. The number of carbonyl (C=O) groups excluding carboxylic acids is 1. The summed E-state index contributed by atoms with van der Waals surface area (Å²) >= 11 is 0. The van der Waals surface area contributed by atoms with E-state index in [9.17, 15) is 18.0 Å². The molecule has 3 aromatic carbocycles. The Morgan fingerprint density at radius 2 is 1.63 bits per heavy atom. The molecule has 0 fully saturated rings. The summed E-state index contributed by atoms with van der Waals surface area (Å²) < 4.78 is 46.4. The molecule has 1 aromatic heterocycles. The third kappa shape index (κ3) is 6.40. The zero-order valence-corrected chi connectivity index (χ0v) is 21.4. The van der Waals surface area contributed by atoms with E-state index in [4.69, 9.17) is 4.74 Å². The predicted molar refractivity (Wildman–Crippen MR) is 140 cm³/mol. The molecule has 0 bridgehead atoms. The van der Waals surface area contributed by atoms with Crippen molar-refractivity contribution in [3.8, 4) is 23.1 Å². The molecule has 4 rings (SSSR count). The molecule has 198 valence electrons. The maximum Gasteiger partial charge on any atom is 0.416 e. The third-order valence-corrected chi connectivity index (χ3v) is 5.91. The van der Waals surface area contributed by atoms with Gasteiger partial charge in [-0.3, -0.25) is 4.79 Å². The van der Waals surface area contributed by atoms with E-state index in [-0.39, 0.29) is 23.8 Å². The molecular weight excluding hydrogens is 493 g/mol. The van der Waals surface area contributed by atoms with Crippen LogP contribution in [0.3, 0.4) is 0 Å². The standard InChI is InChI=1S/C29H29F3N4O2/c1-4-25(20-8-6-5-7-9-20)27(37)33-23-14-16-24(17-15-23)36-26(34-28(35-36)38-18-19(2)3)21-10-12-22(13-11-21)29(30,31)32/h5-17,19,25H,4,18H2,1-3H3,(H,33,37)/t25-/m0/s1. The quantitative estimate of drug-likeness (QED) is 0.254. The average molecular weight is 523 g/mol. The molecule has 0 saturated heterocycles. The van der Waals surface area contributed by atoms with Crippen LogP contribution < -0.4 is 10.1 Å². The van der Waals surface area contributed by atoms with Crippen molar-refractivity contribution in [1.29, 1.82) is 0 Å². The fraction of sp³-hybridized carbons (Fsp3) is 0.276. The molecule has 0 aliphatic rings. The van der Waals surface area contributed by atoms with E-state index in [2.05, 4.69) is 15.4 Å². The fourth-order valence-corrected chi connectivity index (χ4v) is 3.94. The monoisotopic (exact) mass is 522 g/mol. The molecular formula is C29H29F3N4O2. The summed E-state index contributed by atoms with van der Waals surface area (Å²) in [6.45, 7) is 6.33. The van der Waals surface area contributed by atoms with Gasteiger partial charge in [-0.15, -0.1) is 5.10 Å². The van der Waals surface area contributed by atoms with E-state index < -0.39 is 11.7 Å². The molecule has 0 aliphatic carbocycles. The van der Waals surface area contributed by atoms with Crippen LogP contribution in [0.5, 0.6) is 6.01 Å². The van der Waals surface area contributed by atoms with Gasteiger partial charge in [0.2, 0.25) is 5.91 Å². The molecule has 6 nitrogen and oxygen atoms in total. The van der Waals surface area contributed by atoms with E-state index in [0.29, 0.717) is 35.8 Å². The van der Waals surface area contributed by atoms with Crippen LogP contribution in [-0.4, -0.2) is 27.3 Å². The molecule has 1 amide bonds. The Morgan fingerprint density at radius 3 is 2.21 bits per heavy atom. The van der Waals surface area contributed by atoms with Gasteiger partial charge in [-0.25, -0.2) is 4.68 Å². The van der Waals surface area contributed by atoms with E-state index in [1.54, 1.807) is 24.3 Å². The molecule has 0 radical (unpaired) electrons. The fourth-order valence-electron chi connectivity index (χ4n) is 3.94. The van der Waals surface area contributed by atoms with Gasteiger partial charge in [-0.1, -0.05) is 63.2 Å². The van der Waals surface area contributed by atoms with E-state index in [0.717, 1.165) is 17.7 Å². The van der Waals surface area contributed by atoms with Crippen LogP contribution in [0.1, 0.15) is 44.2 Å². The van der Waals surface area contributed by atoms with Crippen molar-refractivity contribution in [2.45, 2.75) is 39.3 Å². The van der Waals surface area contributed by atoms with Gasteiger partial charge in [0.15, 0.2) is 5.82 Å². The number of carbonyl (C=O) groups is 1. The van der Waals surface area contributed by atoms with Crippen LogP contribution in [0.4, 0.5) is 18.9 Å². The van der Waals surface area contributed by atoms with E-state index in [1.807, 2.05) is 51.1 Å². The Morgan fingerprint density at radius 1 is 0.974 bits per heavy atom. The first-order valence-electron chi connectivity index (χ1n) is 12.4. The summed E-state index contributed by atoms with van der Waals surface area (Å²) in [5.41, 5.74) is 1.88. The van der Waals surface area contributed by atoms with Gasteiger partial charge in [0.25, 0.3) is 0 Å². The predicted octanol–water partition coefficient (Wildman–Crippen LogP) is 7.12. The summed E-state index contributed by atoms with van der Waals surface area (Å²) in [4.78, 5) is 17.4. The topological polar surface area (TPSA) is 69.0 Å². The van der Waals surface area contributed by atoms with Crippen molar-refractivity contribution in [3.05, 3.63) is 90.0 Å². The zero-order valence-electron chi connectivity index (χ0n) is 21.4. The molecule has 1 N–H and O–H groups in total. The number of hydrogen-bond acceptors (Lipinski definition) is 4. The van der Waals surface area contributed by atoms with Crippen LogP contribution >= 0.6 is 0 Å². The Balaban J connectivity index is 1.60. The number of aromatic nitrogens is 3. The SMILES string of the molecule is CC[C@H](C(=O)Nc1ccc(-n2nc(OCC(C)C)nc2-c2ccc(C(F)(F)F)cc2)cc1)c1ccccc1.